The summed E-state index contributed by atoms with van der Waals surface area (Å²) in [7, 11) is 1.96. The average molecular weight is 270 g/mol. The van der Waals surface area contributed by atoms with Crippen LogP contribution in [0.2, 0.25) is 5.02 Å². The Morgan fingerprint density at radius 3 is 2.61 bits per heavy atom. The first-order valence-electron chi connectivity index (χ1n) is 6.53. The molecule has 3 nitrogen and oxygen atoms in total. The summed E-state index contributed by atoms with van der Waals surface area (Å²) in [6.07, 6.45) is 3.73. The lowest BCUT2D eigenvalue weighted by Gasteiger charge is -2.25. The molecule has 102 valence electrons. The fourth-order valence-corrected chi connectivity index (χ4v) is 2.52. The Hall–Kier alpha value is -0.800. The molecule has 1 aromatic rings. The van der Waals surface area contributed by atoms with Crippen LogP contribution in [0.25, 0.3) is 0 Å². The van der Waals surface area contributed by atoms with Gasteiger partial charge in [0.25, 0.3) is 0 Å². The summed E-state index contributed by atoms with van der Waals surface area (Å²) in [4.78, 5) is 0. The third-order valence-corrected chi connectivity index (χ3v) is 3.78. The van der Waals surface area contributed by atoms with Gasteiger partial charge in [-0.05, 0) is 20.4 Å². The van der Waals surface area contributed by atoms with Crippen molar-refractivity contribution in [3.8, 4) is 0 Å². The number of hydrogen-bond acceptors (Lipinski definition) is 2. The lowest BCUT2D eigenvalue weighted by Crippen LogP contribution is -2.30. The largest absolute Gasteiger partial charge is 0.319 e. The van der Waals surface area contributed by atoms with Crippen LogP contribution in [0.15, 0.2) is 12.7 Å². The second-order valence-electron chi connectivity index (χ2n) is 4.94. The molecule has 0 saturated heterocycles. The summed E-state index contributed by atoms with van der Waals surface area (Å²) in [5.41, 5.74) is 2.11. The Bertz CT molecular complexity index is 411. The molecule has 1 atom stereocenters. The predicted molar refractivity (Wildman–Crippen MR) is 78.2 cm³/mol. The summed E-state index contributed by atoms with van der Waals surface area (Å²) >= 11 is 6.43. The minimum atomic E-state index is -0.00362. The molecule has 1 N–H and O–H groups in total. The number of aromatic nitrogens is 2. The molecule has 0 bridgehead atoms. The Kier molecular flexibility index (Phi) is 5.42. The summed E-state index contributed by atoms with van der Waals surface area (Å²) in [6.45, 7) is 12.0. The monoisotopic (exact) mass is 269 g/mol. The Morgan fingerprint density at radius 1 is 1.50 bits per heavy atom. The lowest BCUT2D eigenvalue weighted by atomic mass is 9.85. The van der Waals surface area contributed by atoms with E-state index in [1.54, 1.807) is 0 Å². The van der Waals surface area contributed by atoms with Crippen molar-refractivity contribution in [1.82, 2.24) is 15.1 Å². The molecule has 1 aromatic heterocycles. The Morgan fingerprint density at radius 2 is 2.17 bits per heavy atom. The second kappa shape index (κ2) is 6.39. The zero-order chi connectivity index (χ0) is 13.8. The van der Waals surface area contributed by atoms with Crippen molar-refractivity contribution < 1.29 is 0 Å². The smallest absolute Gasteiger partial charge is 0.0850 e. The highest BCUT2D eigenvalue weighted by Gasteiger charge is 2.25. The molecule has 0 aromatic carbocycles. The van der Waals surface area contributed by atoms with Crippen molar-refractivity contribution in [3.63, 3.8) is 0 Å². The van der Waals surface area contributed by atoms with Crippen LogP contribution >= 0.6 is 11.6 Å². The topological polar surface area (TPSA) is 29.9 Å². The number of nitrogens with one attached hydrogen (secondary N) is 1. The van der Waals surface area contributed by atoms with Crippen LogP contribution in [-0.2, 0) is 19.4 Å². The van der Waals surface area contributed by atoms with E-state index in [-0.39, 0.29) is 5.41 Å². The number of halogens is 1. The summed E-state index contributed by atoms with van der Waals surface area (Å²) in [5.74, 6) is 0. The molecular weight excluding hydrogens is 246 g/mol. The summed E-state index contributed by atoms with van der Waals surface area (Å²) < 4.78 is 2.01. The molecular formula is C14H24ClN3. The number of aryl methyl sites for hydroxylation is 2. The maximum atomic E-state index is 6.43. The second-order valence-corrected chi connectivity index (χ2v) is 5.32. The van der Waals surface area contributed by atoms with Crippen molar-refractivity contribution in [1.29, 1.82) is 0 Å². The summed E-state index contributed by atoms with van der Waals surface area (Å²) in [6, 6.07) is 0. The Labute approximate surface area is 115 Å². The highest BCUT2D eigenvalue weighted by molar-refractivity contribution is 6.31. The normalized spacial score (nSPS) is 14.5. The van der Waals surface area contributed by atoms with E-state index in [1.165, 1.54) is 0 Å². The highest BCUT2D eigenvalue weighted by Crippen LogP contribution is 2.29. The zero-order valence-corrected chi connectivity index (χ0v) is 12.6. The average Bonchev–Trinajstić information content (AvgIpc) is 2.66. The third kappa shape index (κ3) is 3.15. The summed E-state index contributed by atoms with van der Waals surface area (Å²) in [5, 5.41) is 8.59. The van der Waals surface area contributed by atoms with E-state index in [1.807, 2.05) is 17.8 Å². The van der Waals surface area contributed by atoms with Gasteiger partial charge in [-0.15, -0.1) is 6.58 Å². The van der Waals surface area contributed by atoms with Crippen molar-refractivity contribution >= 4 is 11.6 Å². The van der Waals surface area contributed by atoms with E-state index >= 15 is 0 Å². The van der Waals surface area contributed by atoms with Gasteiger partial charge in [-0.3, -0.25) is 4.68 Å². The predicted octanol–water partition coefficient (Wildman–Crippen LogP) is 3.07. The third-order valence-electron chi connectivity index (χ3n) is 3.34. The van der Waals surface area contributed by atoms with Gasteiger partial charge in [0, 0.05) is 24.9 Å². The van der Waals surface area contributed by atoms with Crippen LogP contribution in [-0.4, -0.2) is 23.4 Å². The van der Waals surface area contributed by atoms with E-state index in [9.17, 15) is 0 Å². The molecule has 0 amide bonds. The maximum Gasteiger partial charge on any atom is 0.0850 e. The van der Waals surface area contributed by atoms with Crippen LogP contribution < -0.4 is 5.32 Å². The van der Waals surface area contributed by atoms with Crippen LogP contribution in [0.3, 0.4) is 0 Å². The van der Waals surface area contributed by atoms with Gasteiger partial charge >= 0.3 is 0 Å². The van der Waals surface area contributed by atoms with E-state index in [0.29, 0.717) is 0 Å². The minimum absolute atomic E-state index is 0.00362. The standard InChI is InChI=1S/C14H24ClN3/c1-6-11-13(15)12(18(8-3)17-11)9-14(4,7-2)10-16-5/h7,16H,2,6,8-10H2,1,3-5H3. The molecule has 0 radical (unpaired) electrons. The SMILES string of the molecule is C=CC(C)(CNC)Cc1c(Cl)c(CC)nn1CC. The van der Waals surface area contributed by atoms with Gasteiger partial charge in [-0.1, -0.05) is 31.5 Å². The quantitative estimate of drug-likeness (QED) is 0.771. The van der Waals surface area contributed by atoms with Crippen molar-refractivity contribution in [2.24, 2.45) is 5.41 Å². The highest BCUT2D eigenvalue weighted by atomic mass is 35.5. The molecule has 0 aliphatic heterocycles. The van der Waals surface area contributed by atoms with Crippen LogP contribution in [0.4, 0.5) is 0 Å². The van der Waals surface area contributed by atoms with Gasteiger partial charge in [-0.25, -0.2) is 0 Å². The van der Waals surface area contributed by atoms with Crippen molar-refractivity contribution in [3.05, 3.63) is 29.1 Å². The molecule has 0 fully saturated rings. The maximum absolute atomic E-state index is 6.43. The number of hydrogen-bond donors (Lipinski definition) is 1. The lowest BCUT2D eigenvalue weighted by molar-refractivity contribution is 0.391. The zero-order valence-electron chi connectivity index (χ0n) is 11.9. The van der Waals surface area contributed by atoms with Gasteiger partial charge in [0.2, 0.25) is 0 Å². The molecule has 0 aliphatic carbocycles. The molecule has 0 spiro atoms. The van der Waals surface area contributed by atoms with Gasteiger partial charge in [0.05, 0.1) is 16.4 Å². The first-order valence-corrected chi connectivity index (χ1v) is 6.91. The first-order chi connectivity index (χ1) is 8.51. The molecule has 1 unspecified atom stereocenters. The number of nitrogens with zero attached hydrogens (tertiary/aromatic N) is 2. The van der Waals surface area contributed by atoms with E-state index < -0.39 is 0 Å². The van der Waals surface area contributed by atoms with E-state index in [0.717, 1.165) is 42.3 Å². The van der Waals surface area contributed by atoms with E-state index in [2.05, 4.69) is 37.8 Å². The molecule has 0 aliphatic rings. The van der Waals surface area contributed by atoms with Gasteiger partial charge in [0.15, 0.2) is 0 Å². The van der Waals surface area contributed by atoms with Crippen LogP contribution in [0.1, 0.15) is 32.2 Å². The van der Waals surface area contributed by atoms with Gasteiger partial charge in [-0.2, -0.15) is 5.10 Å². The molecule has 0 saturated carbocycles. The van der Waals surface area contributed by atoms with Crippen molar-refractivity contribution in [2.75, 3.05) is 13.6 Å². The molecule has 18 heavy (non-hydrogen) atoms. The van der Waals surface area contributed by atoms with Crippen molar-refractivity contribution in [2.45, 2.75) is 40.2 Å². The van der Waals surface area contributed by atoms with Crippen LogP contribution in [0, 0.1) is 5.41 Å². The number of rotatable bonds is 7. The minimum Gasteiger partial charge on any atom is -0.319 e. The van der Waals surface area contributed by atoms with Gasteiger partial charge in [0.1, 0.15) is 0 Å². The fourth-order valence-electron chi connectivity index (χ4n) is 2.18. The first kappa shape index (κ1) is 15.3. The molecule has 1 heterocycles. The fraction of sp³-hybridized carbons (Fsp3) is 0.643. The van der Waals surface area contributed by atoms with Gasteiger partial charge < -0.3 is 5.32 Å². The molecule has 1 rings (SSSR count). The molecule has 4 heteroatoms. The van der Waals surface area contributed by atoms with Crippen LogP contribution in [0.5, 0.6) is 0 Å². The van der Waals surface area contributed by atoms with E-state index in [4.69, 9.17) is 11.6 Å². The Balaban J connectivity index is 3.08.